The van der Waals surface area contributed by atoms with Crippen molar-refractivity contribution in [3.05, 3.63) is 52.3 Å². The van der Waals surface area contributed by atoms with Gasteiger partial charge in [0.15, 0.2) is 17.4 Å². The largest absolute Gasteiger partial charge is 0.477 e. The maximum Gasteiger partial charge on any atom is 0.352 e. The number of aliphatic carboxylic acids is 1. The molecule has 5 rings (SSSR count). The second-order valence-corrected chi connectivity index (χ2v) is 10.6. The number of rotatable bonds is 8. The van der Waals surface area contributed by atoms with E-state index in [0.29, 0.717) is 11.3 Å². The number of carboxylic acid groups (broad SMARTS) is 1. The highest BCUT2D eigenvalue weighted by molar-refractivity contribution is 8.00. The molecule has 2 aliphatic rings. The van der Waals surface area contributed by atoms with Gasteiger partial charge in [-0.2, -0.15) is 4.68 Å². The fraction of sp³-hybridized carbons (Fsp3) is 0.304. The summed E-state index contributed by atoms with van der Waals surface area (Å²) in [4.78, 5) is 48.4. The van der Waals surface area contributed by atoms with Crippen molar-refractivity contribution in [1.82, 2.24) is 19.9 Å². The highest BCUT2D eigenvalue weighted by atomic mass is 32.2. The zero-order valence-electron chi connectivity index (χ0n) is 20.3. The Labute approximate surface area is 224 Å². The number of carbonyl (C=O) groups is 3. The number of hydrogen-bond donors (Lipinski definition) is 4. The van der Waals surface area contributed by atoms with E-state index in [-0.39, 0.29) is 35.4 Å². The number of nitrogens with zero attached hydrogens (tertiary/aromatic N) is 5. The molecule has 1 fully saturated rings. The van der Waals surface area contributed by atoms with Crippen molar-refractivity contribution in [3.8, 4) is 0 Å². The molecule has 0 unspecified atom stereocenters. The van der Waals surface area contributed by atoms with Crippen LogP contribution in [0, 0.1) is 0 Å². The molecule has 5 N–H and O–H groups in total. The lowest BCUT2D eigenvalue weighted by molar-refractivity contribution is -0.764. The number of carbonyl (C=O) groups excluding carboxylic acids is 2. The van der Waals surface area contributed by atoms with Crippen LogP contribution in [0.2, 0.25) is 0 Å². The maximum atomic E-state index is 13.1. The molecular weight excluding hydrogens is 534 g/mol. The molecule has 198 valence electrons. The third kappa shape index (κ3) is 4.37. The van der Waals surface area contributed by atoms with E-state index >= 15 is 0 Å². The number of fused-ring (bicyclic) bond motifs is 2. The number of anilines is 1. The zero-order chi connectivity index (χ0) is 27.1. The van der Waals surface area contributed by atoms with Crippen molar-refractivity contribution in [2.24, 2.45) is 12.2 Å². The summed E-state index contributed by atoms with van der Waals surface area (Å²) in [6.45, 7) is 0.163. The fourth-order valence-corrected chi connectivity index (χ4v) is 6.40. The van der Waals surface area contributed by atoms with Crippen molar-refractivity contribution >= 4 is 62.6 Å². The van der Waals surface area contributed by atoms with Gasteiger partial charge in [-0.1, -0.05) is 11.2 Å². The van der Waals surface area contributed by atoms with Crippen LogP contribution in [-0.2, 0) is 39.4 Å². The van der Waals surface area contributed by atoms with E-state index in [9.17, 15) is 24.6 Å². The number of aromatic nitrogens is 3. The summed E-state index contributed by atoms with van der Waals surface area (Å²) in [5, 5.41) is 28.0. The third-order valence-corrected chi connectivity index (χ3v) is 8.36. The summed E-state index contributed by atoms with van der Waals surface area (Å²) in [5.74, 6) is -2.09. The second kappa shape index (κ2) is 10.1. The Kier molecular flexibility index (Phi) is 6.81. The van der Waals surface area contributed by atoms with Gasteiger partial charge in [0, 0.05) is 16.7 Å². The molecule has 2 atom stereocenters. The molecule has 38 heavy (non-hydrogen) atoms. The van der Waals surface area contributed by atoms with Crippen molar-refractivity contribution in [1.29, 1.82) is 0 Å². The van der Waals surface area contributed by atoms with Crippen LogP contribution in [0.1, 0.15) is 11.3 Å². The van der Waals surface area contributed by atoms with Crippen LogP contribution in [0.3, 0.4) is 0 Å². The molecule has 3 aromatic rings. The summed E-state index contributed by atoms with van der Waals surface area (Å²) in [5.41, 5.74) is 7.85. The molecule has 4 heterocycles. The van der Waals surface area contributed by atoms with Crippen LogP contribution in [-0.4, -0.2) is 72.6 Å². The van der Waals surface area contributed by atoms with Crippen LogP contribution in [0.5, 0.6) is 0 Å². The van der Waals surface area contributed by atoms with Gasteiger partial charge in [0.25, 0.3) is 11.8 Å². The number of aliphatic hydroxyl groups is 1. The third-order valence-electron chi connectivity index (χ3n) is 6.35. The minimum atomic E-state index is -1.22. The predicted octanol–water partition coefficient (Wildman–Crippen LogP) is -0.214. The molecule has 1 aromatic carbocycles. The van der Waals surface area contributed by atoms with Gasteiger partial charge in [-0.25, -0.2) is 9.78 Å². The first-order valence-corrected chi connectivity index (χ1v) is 13.3. The topological polar surface area (TPSA) is 176 Å². The van der Waals surface area contributed by atoms with Gasteiger partial charge in [-0.3, -0.25) is 14.5 Å². The van der Waals surface area contributed by atoms with Crippen molar-refractivity contribution < 1.29 is 34.1 Å². The maximum absolute atomic E-state index is 13.1. The Morgan fingerprint density at radius 3 is 2.84 bits per heavy atom. The lowest BCUT2D eigenvalue weighted by Gasteiger charge is -2.49. The Morgan fingerprint density at radius 1 is 1.39 bits per heavy atom. The molecule has 0 bridgehead atoms. The fourth-order valence-electron chi connectivity index (χ4n) is 4.52. The molecule has 2 aliphatic heterocycles. The van der Waals surface area contributed by atoms with Crippen molar-refractivity contribution in [3.63, 3.8) is 0 Å². The molecule has 15 heteroatoms. The summed E-state index contributed by atoms with van der Waals surface area (Å²) in [6.07, 6.45) is 1.89. The summed E-state index contributed by atoms with van der Waals surface area (Å²) in [7, 11) is 3.12. The number of nitrogens with two attached hydrogens (primary N) is 1. The first kappa shape index (κ1) is 25.7. The number of thioether (sulfide) groups is 1. The normalized spacial score (nSPS) is 19.4. The van der Waals surface area contributed by atoms with Gasteiger partial charge in [-0.15, -0.1) is 27.8 Å². The number of hydrogen-bond acceptors (Lipinski definition) is 10. The number of amides is 2. The molecule has 0 radical (unpaired) electrons. The molecule has 0 aliphatic carbocycles. The zero-order valence-corrected chi connectivity index (χ0v) is 22.0. The molecule has 13 nitrogen and oxygen atoms in total. The van der Waals surface area contributed by atoms with Crippen LogP contribution in [0.15, 0.2) is 46.2 Å². The van der Waals surface area contributed by atoms with Crippen LogP contribution in [0.4, 0.5) is 5.13 Å². The lowest BCUT2D eigenvalue weighted by Crippen LogP contribution is -2.71. The van der Waals surface area contributed by atoms with Crippen LogP contribution < -0.4 is 15.7 Å². The Morgan fingerprint density at radius 2 is 2.18 bits per heavy atom. The summed E-state index contributed by atoms with van der Waals surface area (Å²) < 4.78 is 3.74. The van der Waals surface area contributed by atoms with Crippen molar-refractivity contribution in [2.75, 3.05) is 18.6 Å². The Hall–Kier alpha value is -3.95. The number of aryl methyl sites for hydroxylation is 1. The van der Waals surface area contributed by atoms with Gasteiger partial charge in [0.1, 0.15) is 35.4 Å². The van der Waals surface area contributed by atoms with E-state index in [4.69, 9.17) is 10.6 Å². The standard InChI is InChI=1S/C23H23N7O6S2/c1-28-15-5-11(8-31)3-4-12(15)6-29(28)7-13-9-37-21-17(20(33)30(21)18(13)22(34)35)26-19(32)16(27-36-2)14-10-38-23(24)25-14/h3-6,10,17,21,31H,7-9H2,1-2H3,(H3-,24,25,26,32,34,35)/p+1/b27-16-/t17-,21-/m1/s1. The predicted molar refractivity (Wildman–Crippen MR) is 139 cm³/mol. The number of aliphatic hydroxyl groups excluding tert-OH is 1. The average molecular weight is 559 g/mol. The first-order valence-electron chi connectivity index (χ1n) is 11.4. The quantitative estimate of drug-likeness (QED) is 0.126. The van der Waals surface area contributed by atoms with Gasteiger partial charge in [0.2, 0.25) is 6.20 Å². The second-order valence-electron chi connectivity index (χ2n) is 8.61. The van der Waals surface area contributed by atoms with E-state index < -0.39 is 29.2 Å². The monoisotopic (exact) mass is 558 g/mol. The summed E-state index contributed by atoms with van der Waals surface area (Å²) in [6, 6.07) is 4.65. The number of benzene rings is 1. The van der Waals surface area contributed by atoms with E-state index in [1.807, 2.05) is 40.8 Å². The van der Waals surface area contributed by atoms with Crippen LogP contribution >= 0.6 is 23.1 Å². The Bertz CT molecular complexity index is 1530. The number of nitrogen functional groups attached to an aromatic ring is 1. The van der Waals surface area contributed by atoms with E-state index in [1.165, 1.54) is 23.8 Å². The van der Waals surface area contributed by atoms with Gasteiger partial charge < -0.3 is 26.1 Å². The molecule has 2 aromatic heterocycles. The number of carboxylic acids is 1. The highest BCUT2D eigenvalue weighted by Crippen LogP contribution is 2.40. The van der Waals surface area contributed by atoms with Gasteiger partial charge in [-0.05, 0) is 17.7 Å². The SMILES string of the molecule is CO/N=C(\C(=O)N[C@@H]1C(=O)N2C(C(=O)O)=C(C[n+]3cc4ccc(CO)cc4n3C)CS[C@H]12)c1csc(N)n1. The first-order chi connectivity index (χ1) is 18.2. The van der Waals surface area contributed by atoms with E-state index in [0.717, 1.165) is 27.8 Å². The highest BCUT2D eigenvalue weighted by Gasteiger charge is 2.55. The average Bonchev–Trinajstić information content (AvgIpc) is 3.47. The van der Waals surface area contributed by atoms with Crippen molar-refractivity contribution in [2.45, 2.75) is 24.6 Å². The lowest BCUT2D eigenvalue weighted by atomic mass is 10.0. The van der Waals surface area contributed by atoms with Gasteiger partial charge in [0.05, 0.1) is 19.0 Å². The Balaban J connectivity index is 1.38. The smallest absolute Gasteiger partial charge is 0.352 e. The number of oxime groups is 1. The number of nitrogens with one attached hydrogen (secondary N) is 1. The molecule has 2 amide bonds. The molecule has 0 spiro atoms. The minimum Gasteiger partial charge on any atom is -0.477 e. The van der Waals surface area contributed by atoms with Crippen LogP contribution in [0.25, 0.3) is 10.9 Å². The molecule has 1 saturated heterocycles. The van der Waals surface area contributed by atoms with Gasteiger partial charge >= 0.3 is 5.97 Å². The van der Waals surface area contributed by atoms with E-state index in [1.54, 1.807) is 5.38 Å². The number of β-lactam (4-membered cyclic amide) rings is 1. The van der Waals surface area contributed by atoms with E-state index in [2.05, 4.69) is 15.5 Å². The minimum absolute atomic E-state index is 0.0844. The number of thiazole rings is 1. The molecular formula is C23H24N7O6S2+. The molecule has 0 saturated carbocycles. The summed E-state index contributed by atoms with van der Waals surface area (Å²) >= 11 is 2.49.